The zero-order chi connectivity index (χ0) is 18.2. The molecule has 2 aromatic rings. The first-order valence-electron chi connectivity index (χ1n) is 8.45. The molecule has 2 aromatic carbocycles. The zero-order valence-electron chi connectivity index (χ0n) is 15.3. The maximum atomic E-state index is 5.54. The van der Waals surface area contributed by atoms with Crippen molar-refractivity contribution in [3.8, 4) is 11.5 Å². The van der Waals surface area contributed by atoms with Crippen LogP contribution in [0, 0.1) is 13.8 Å². The molecular weight excluding hydrogens is 332 g/mol. The zero-order valence-corrected chi connectivity index (χ0v) is 16.1. The number of hydrogen-bond acceptors (Lipinski definition) is 3. The number of nitrogens with one attached hydrogen (secondary N) is 2. The van der Waals surface area contributed by atoms with Gasteiger partial charge in [0.2, 0.25) is 0 Å². The van der Waals surface area contributed by atoms with Gasteiger partial charge in [-0.2, -0.15) is 0 Å². The number of thiocarbonyl (C=S) groups is 1. The van der Waals surface area contributed by atoms with Gasteiger partial charge >= 0.3 is 0 Å². The molecule has 134 valence electrons. The molecule has 0 amide bonds. The van der Waals surface area contributed by atoms with E-state index in [-0.39, 0.29) is 0 Å². The van der Waals surface area contributed by atoms with E-state index in [1.54, 1.807) is 7.11 Å². The highest BCUT2D eigenvalue weighted by molar-refractivity contribution is 7.80. The van der Waals surface area contributed by atoms with E-state index in [4.69, 9.17) is 21.7 Å². The summed E-state index contributed by atoms with van der Waals surface area (Å²) in [5, 5.41) is 7.09. The molecule has 0 radical (unpaired) electrons. The molecule has 0 aliphatic rings. The largest absolute Gasteiger partial charge is 0.493 e. The maximum absolute atomic E-state index is 5.54. The summed E-state index contributed by atoms with van der Waals surface area (Å²) in [6, 6.07) is 12.2. The third-order valence-corrected chi connectivity index (χ3v) is 4.24. The fourth-order valence-corrected chi connectivity index (χ4v) is 2.68. The SMILES string of the molecule is CCOc1ccc(CCNC(=S)Nc2ccc(C)c(C)c2)cc1OC. The van der Waals surface area contributed by atoms with Gasteiger partial charge in [-0.15, -0.1) is 0 Å². The van der Waals surface area contributed by atoms with Gasteiger partial charge in [0.1, 0.15) is 0 Å². The van der Waals surface area contributed by atoms with Crippen LogP contribution < -0.4 is 20.1 Å². The van der Waals surface area contributed by atoms with Crippen LogP contribution in [-0.2, 0) is 6.42 Å². The normalized spacial score (nSPS) is 10.2. The third-order valence-electron chi connectivity index (χ3n) is 3.99. The Morgan fingerprint density at radius 1 is 1.04 bits per heavy atom. The number of rotatable bonds is 7. The van der Waals surface area contributed by atoms with Crippen molar-refractivity contribution in [2.24, 2.45) is 0 Å². The van der Waals surface area contributed by atoms with Crippen LogP contribution >= 0.6 is 12.2 Å². The Kier molecular flexibility index (Phi) is 7.07. The molecule has 0 atom stereocenters. The minimum Gasteiger partial charge on any atom is -0.493 e. The van der Waals surface area contributed by atoms with Crippen molar-refractivity contribution in [1.82, 2.24) is 5.32 Å². The summed E-state index contributed by atoms with van der Waals surface area (Å²) in [4.78, 5) is 0. The minimum atomic E-state index is 0.621. The fraction of sp³-hybridized carbons (Fsp3) is 0.350. The highest BCUT2D eigenvalue weighted by atomic mass is 32.1. The second-order valence-electron chi connectivity index (χ2n) is 5.85. The predicted octanol–water partition coefficient (Wildman–Crippen LogP) is 4.24. The van der Waals surface area contributed by atoms with Gasteiger partial charge in [-0.25, -0.2) is 0 Å². The van der Waals surface area contributed by atoms with Crippen molar-refractivity contribution in [3.63, 3.8) is 0 Å². The Balaban J connectivity index is 1.85. The lowest BCUT2D eigenvalue weighted by Crippen LogP contribution is -2.30. The number of methoxy groups -OCH3 is 1. The van der Waals surface area contributed by atoms with Gasteiger partial charge in [0.05, 0.1) is 13.7 Å². The monoisotopic (exact) mass is 358 g/mol. The van der Waals surface area contributed by atoms with Crippen LogP contribution in [0.15, 0.2) is 36.4 Å². The third kappa shape index (κ3) is 5.64. The molecular formula is C20H26N2O2S. The maximum Gasteiger partial charge on any atom is 0.170 e. The first-order valence-corrected chi connectivity index (χ1v) is 8.86. The Morgan fingerprint density at radius 2 is 1.84 bits per heavy atom. The Morgan fingerprint density at radius 3 is 2.52 bits per heavy atom. The van der Waals surface area contributed by atoms with Crippen molar-refractivity contribution in [1.29, 1.82) is 0 Å². The van der Waals surface area contributed by atoms with Crippen LogP contribution in [0.2, 0.25) is 0 Å². The summed E-state index contributed by atoms with van der Waals surface area (Å²) < 4.78 is 10.9. The van der Waals surface area contributed by atoms with E-state index in [9.17, 15) is 0 Å². The van der Waals surface area contributed by atoms with E-state index in [0.717, 1.165) is 30.2 Å². The van der Waals surface area contributed by atoms with E-state index in [1.807, 2.05) is 25.1 Å². The van der Waals surface area contributed by atoms with Crippen LogP contribution in [0.3, 0.4) is 0 Å². The van der Waals surface area contributed by atoms with E-state index in [2.05, 4.69) is 42.7 Å². The number of benzene rings is 2. The molecule has 0 fully saturated rings. The predicted molar refractivity (Wildman–Crippen MR) is 108 cm³/mol. The van der Waals surface area contributed by atoms with Gasteiger partial charge in [-0.3, -0.25) is 0 Å². The summed E-state index contributed by atoms with van der Waals surface area (Å²) in [6.07, 6.45) is 0.845. The lowest BCUT2D eigenvalue weighted by molar-refractivity contribution is 0.310. The highest BCUT2D eigenvalue weighted by Crippen LogP contribution is 2.28. The van der Waals surface area contributed by atoms with E-state index in [0.29, 0.717) is 11.7 Å². The molecule has 0 aliphatic heterocycles. The molecule has 0 unspecified atom stereocenters. The molecule has 0 bridgehead atoms. The lowest BCUT2D eigenvalue weighted by Gasteiger charge is -2.13. The average Bonchev–Trinajstić information content (AvgIpc) is 2.59. The van der Waals surface area contributed by atoms with Gasteiger partial charge in [0.25, 0.3) is 0 Å². The molecule has 2 rings (SSSR count). The Labute approximate surface area is 155 Å². The fourth-order valence-electron chi connectivity index (χ4n) is 2.46. The smallest absolute Gasteiger partial charge is 0.170 e. The lowest BCUT2D eigenvalue weighted by atomic mass is 10.1. The van der Waals surface area contributed by atoms with Gasteiger partial charge in [0, 0.05) is 12.2 Å². The van der Waals surface area contributed by atoms with Crippen LogP contribution in [0.4, 0.5) is 5.69 Å². The van der Waals surface area contributed by atoms with Gasteiger partial charge in [-0.1, -0.05) is 12.1 Å². The van der Waals surface area contributed by atoms with Crippen molar-refractivity contribution in [3.05, 3.63) is 53.1 Å². The molecule has 0 saturated heterocycles. The Bertz CT molecular complexity index is 732. The van der Waals surface area contributed by atoms with Crippen molar-refractivity contribution in [2.45, 2.75) is 27.2 Å². The molecule has 0 aliphatic carbocycles. The topological polar surface area (TPSA) is 42.5 Å². The van der Waals surface area contributed by atoms with Crippen LogP contribution in [0.5, 0.6) is 11.5 Å². The molecule has 25 heavy (non-hydrogen) atoms. The van der Waals surface area contributed by atoms with Gasteiger partial charge < -0.3 is 20.1 Å². The molecule has 0 heterocycles. The first kappa shape index (κ1) is 19.1. The molecule has 0 aromatic heterocycles. The van der Waals surface area contributed by atoms with E-state index < -0.39 is 0 Å². The van der Waals surface area contributed by atoms with E-state index >= 15 is 0 Å². The molecule has 2 N–H and O–H groups in total. The van der Waals surface area contributed by atoms with Crippen molar-refractivity contribution < 1.29 is 9.47 Å². The molecule has 5 heteroatoms. The van der Waals surface area contributed by atoms with Crippen LogP contribution in [0.25, 0.3) is 0 Å². The summed E-state index contributed by atoms with van der Waals surface area (Å²) in [5.74, 6) is 1.53. The minimum absolute atomic E-state index is 0.621. The van der Waals surface area contributed by atoms with E-state index in [1.165, 1.54) is 16.7 Å². The summed E-state index contributed by atoms with van der Waals surface area (Å²) in [6.45, 7) is 7.52. The van der Waals surface area contributed by atoms with Crippen molar-refractivity contribution >= 4 is 23.0 Å². The van der Waals surface area contributed by atoms with Crippen LogP contribution in [0.1, 0.15) is 23.6 Å². The summed E-state index contributed by atoms with van der Waals surface area (Å²) in [5.41, 5.74) is 4.69. The van der Waals surface area contributed by atoms with Gasteiger partial charge in [-0.05, 0) is 80.4 Å². The Hall–Kier alpha value is -2.27. The molecule has 0 saturated carbocycles. The average molecular weight is 359 g/mol. The first-order chi connectivity index (χ1) is 12.0. The number of ether oxygens (including phenoxy) is 2. The van der Waals surface area contributed by atoms with Gasteiger partial charge in [0.15, 0.2) is 16.6 Å². The summed E-state index contributed by atoms with van der Waals surface area (Å²) >= 11 is 5.36. The quantitative estimate of drug-likeness (QED) is 0.725. The number of anilines is 1. The second-order valence-corrected chi connectivity index (χ2v) is 6.26. The molecule has 0 spiro atoms. The van der Waals surface area contributed by atoms with Crippen molar-refractivity contribution in [2.75, 3.05) is 25.6 Å². The standard InChI is InChI=1S/C20H26N2O2S/c1-5-24-18-9-7-16(13-19(18)23-4)10-11-21-20(25)22-17-8-6-14(2)15(3)12-17/h6-9,12-13H,5,10-11H2,1-4H3,(H2,21,22,25). The molecule has 4 nitrogen and oxygen atoms in total. The highest BCUT2D eigenvalue weighted by Gasteiger charge is 2.06. The number of hydrogen-bond donors (Lipinski definition) is 2. The summed E-state index contributed by atoms with van der Waals surface area (Å²) in [7, 11) is 1.66. The van der Waals surface area contributed by atoms with Crippen LogP contribution in [-0.4, -0.2) is 25.4 Å². The number of aryl methyl sites for hydroxylation is 2. The second kappa shape index (κ2) is 9.28.